The van der Waals surface area contributed by atoms with Crippen LogP contribution >= 0.6 is 11.6 Å². The Bertz CT molecular complexity index is 1540. The Hall–Kier alpha value is -4.22. The first-order valence-corrected chi connectivity index (χ1v) is 12.0. The van der Waals surface area contributed by atoms with Gasteiger partial charge < -0.3 is 25.8 Å². The van der Waals surface area contributed by atoms with Crippen molar-refractivity contribution in [1.29, 1.82) is 0 Å². The van der Waals surface area contributed by atoms with Crippen LogP contribution in [-0.4, -0.2) is 44.7 Å². The first-order chi connectivity index (χ1) is 19.4. The SMILES string of the molecule is [2H]C([2H])([2H])NC(=O)c1ccc(Cl)nc1Nc1cc(COCc2cccc(N)n2)cc(-c2ncn(C(C)C)n2)c1OC. The van der Waals surface area contributed by atoms with Crippen molar-refractivity contribution in [2.24, 2.45) is 0 Å². The van der Waals surface area contributed by atoms with Gasteiger partial charge in [0.1, 0.15) is 23.1 Å². The number of anilines is 3. The second kappa shape index (κ2) is 11.9. The summed E-state index contributed by atoms with van der Waals surface area (Å²) < 4.78 is 35.6. The molecule has 0 saturated heterocycles. The van der Waals surface area contributed by atoms with E-state index in [2.05, 4.69) is 25.4 Å². The number of amides is 1. The Morgan fingerprint density at radius 3 is 2.76 bits per heavy atom. The summed E-state index contributed by atoms with van der Waals surface area (Å²) in [5, 5.41) is 9.72. The molecule has 4 rings (SSSR count). The normalized spacial score (nSPS) is 12.5. The highest BCUT2D eigenvalue weighted by atomic mass is 35.5. The van der Waals surface area contributed by atoms with Crippen LogP contribution in [0.1, 0.15) is 45.6 Å². The number of nitrogens with two attached hydrogens (primary N) is 1. The average molecular weight is 540 g/mol. The van der Waals surface area contributed by atoms with Gasteiger partial charge in [0.25, 0.3) is 5.91 Å². The van der Waals surface area contributed by atoms with E-state index in [1.54, 1.807) is 29.2 Å². The molecular weight excluding hydrogens is 508 g/mol. The van der Waals surface area contributed by atoms with Gasteiger partial charge in [0.2, 0.25) is 0 Å². The summed E-state index contributed by atoms with van der Waals surface area (Å²) in [4.78, 5) is 25.7. The summed E-state index contributed by atoms with van der Waals surface area (Å²) in [6.45, 7) is 1.64. The molecule has 4 N–H and O–H groups in total. The molecule has 3 heterocycles. The fraction of sp³-hybridized carbons (Fsp3) is 0.269. The lowest BCUT2D eigenvalue weighted by molar-refractivity contribution is 0.0963. The van der Waals surface area contributed by atoms with Crippen LogP contribution in [0, 0.1) is 0 Å². The maximum Gasteiger partial charge on any atom is 0.254 e. The third-order valence-corrected chi connectivity index (χ3v) is 5.66. The Morgan fingerprint density at radius 2 is 2.05 bits per heavy atom. The van der Waals surface area contributed by atoms with Crippen molar-refractivity contribution in [1.82, 2.24) is 30.0 Å². The Labute approximate surface area is 229 Å². The fourth-order valence-corrected chi connectivity index (χ4v) is 3.81. The molecule has 4 aromatic rings. The van der Waals surface area contributed by atoms with E-state index in [1.807, 2.05) is 31.3 Å². The van der Waals surface area contributed by atoms with Crippen LogP contribution in [0.5, 0.6) is 5.75 Å². The molecule has 0 radical (unpaired) electrons. The number of nitrogens with one attached hydrogen (secondary N) is 2. The monoisotopic (exact) mass is 539 g/mol. The number of halogens is 1. The van der Waals surface area contributed by atoms with Gasteiger partial charge in [-0.25, -0.2) is 19.6 Å². The van der Waals surface area contributed by atoms with Gasteiger partial charge >= 0.3 is 0 Å². The minimum absolute atomic E-state index is 0.0196. The van der Waals surface area contributed by atoms with Gasteiger partial charge in [0, 0.05) is 17.1 Å². The van der Waals surface area contributed by atoms with Gasteiger partial charge in [-0.15, -0.1) is 0 Å². The van der Waals surface area contributed by atoms with Crippen LogP contribution in [0.2, 0.25) is 5.15 Å². The molecule has 38 heavy (non-hydrogen) atoms. The van der Waals surface area contributed by atoms with Gasteiger partial charge in [0.05, 0.1) is 42.8 Å². The van der Waals surface area contributed by atoms with Crippen molar-refractivity contribution in [3.8, 4) is 17.1 Å². The standard InChI is InChI=1S/C26H29ClN8O3/c1-15(2)35-14-30-24(34-35)19-10-16(12-38-13-17-6-5-7-22(28)31-17)11-20(23(19)37-4)32-25-18(26(36)29-3)8-9-21(27)33-25/h5-11,14-15H,12-13H2,1-4H3,(H2,28,31)(H,29,36)(H,32,33)/i3D3. The van der Waals surface area contributed by atoms with E-state index in [9.17, 15) is 4.79 Å². The fourth-order valence-electron chi connectivity index (χ4n) is 3.66. The Kier molecular flexibility index (Phi) is 7.17. The summed E-state index contributed by atoms with van der Waals surface area (Å²) in [7, 11) is 1.48. The van der Waals surface area contributed by atoms with E-state index >= 15 is 0 Å². The first-order valence-electron chi connectivity index (χ1n) is 13.1. The number of ether oxygens (including phenoxy) is 2. The molecule has 1 amide bonds. The molecule has 1 aromatic carbocycles. The number of carbonyl (C=O) groups is 1. The zero-order valence-corrected chi connectivity index (χ0v) is 21.8. The number of hydrogen-bond donors (Lipinski definition) is 3. The minimum atomic E-state index is -2.70. The van der Waals surface area contributed by atoms with Crippen LogP contribution in [0.15, 0.2) is 48.8 Å². The van der Waals surface area contributed by atoms with Gasteiger partial charge in [-0.2, -0.15) is 5.10 Å². The summed E-state index contributed by atoms with van der Waals surface area (Å²) in [6, 6.07) is 11.7. The van der Waals surface area contributed by atoms with Crippen molar-refractivity contribution in [3.05, 3.63) is 70.8 Å². The summed E-state index contributed by atoms with van der Waals surface area (Å²) in [6.07, 6.45) is 1.62. The maximum absolute atomic E-state index is 12.8. The van der Waals surface area contributed by atoms with Crippen LogP contribution in [0.3, 0.4) is 0 Å². The molecule has 0 spiro atoms. The van der Waals surface area contributed by atoms with Crippen molar-refractivity contribution < 1.29 is 18.4 Å². The molecule has 198 valence electrons. The summed E-state index contributed by atoms with van der Waals surface area (Å²) >= 11 is 6.14. The number of aromatic nitrogens is 5. The smallest absolute Gasteiger partial charge is 0.254 e. The van der Waals surface area contributed by atoms with Crippen molar-refractivity contribution in [2.75, 3.05) is 25.1 Å². The van der Waals surface area contributed by atoms with Crippen molar-refractivity contribution >= 4 is 34.8 Å². The molecule has 0 fully saturated rings. The molecule has 0 aliphatic heterocycles. The van der Waals surface area contributed by atoms with Crippen molar-refractivity contribution in [2.45, 2.75) is 33.1 Å². The quantitative estimate of drug-likeness (QED) is 0.250. The summed E-state index contributed by atoms with van der Waals surface area (Å²) in [5.74, 6) is 0.311. The third kappa shape index (κ3) is 6.18. The topological polar surface area (TPSA) is 142 Å². The Balaban J connectivity index is 1.74. The molecule has 12 heteroatoms. The number of benzene rings is 1. The molecule has 0 aliphatic rings. The maximum atomic E-state index is 12.8. The largest absolute Gasteiger partial charge is 0.494 e. The number of nitrogens with zero attached hydrogens (tertiary/aromatic N) is 5. The number of nitrogen functional groups attached to an aromatic ring is 1. The molecule has 0 saturated carbocycles. The van der Waals surface area contributed by atoms with Crippen LogP contribution in [0.4, 0.5) is 17.3 Å². The number of hydrogen-bond acceptors (Lipinski definition) is 9. The van der Waals surface area contributed by atoms with Gasteiger partial charge in [0.15, 0.2) is 11.6 Å². The molecule has 11 nitrogen and oxygen atoms in total. The lowest BCUT2D eigenvalue weighted by Gasteiger charge is -2.17. The molecule has 3 aromatic heterocycles. The lowest BCUT2D eigenvalue weighted by Crippen LogP contribution is -2.19. The minimum Gasteiger partial charge on any atom is -0.494 e. The first kappa shape index (κ1) is 22.9. The molecular formula is C26H29ClN8O3. The Morgan fingerprint density at radius 1 is 1.21 bits per heavy atom. The highest BCUT2D eigenvalue weighted by Crippen LogP contribution is 2.39. The van der Waals surface area contributed by atoms with E-state index in [0.717, 1.165) is 0 Å². The number of methoxy groups -OCH3 is 1. The van der Waals surface area contributed by atoms with E-state index in [-0.39, 0.29) is 35.8 Å². The molecule has 0 unspecified atom stereocenters. The number of rotatable bonds is 10. The molecule has 0 aliphatic carbocycles. The predicted molar refractivity (Wildman–Crippen MR) is 145 cm³/mol. The number of pyridine rings is 2. The van der Waals surface area contributed by atoms with Gasteiger partial charge in [-0.1, -0.05) is 17.7 Å². The predicted octanol–water partition coefficient (Wildman–Crippen LogP) is 4.38. The van der Waals surface area contributed by atoms with Gasteiger partial charge in [-0.05, 0) is 55.8 Å². The van der Waals surface area contributed by atoms with E-state index in [4.69, 9.17) is 30.9 Å². The molecule has 0 bridgehead atoms. The van der Waals surface area contributed by atoms with E-state index in [1.165, 1.54) is 19.2 Å². The van der Waals surface area contributed by atoms with Gasteiger partial charge in [-0.3, -0.25) is 4.79 Å². The highest BCUT2D eigenvalue weighted by molar-refractivity contribution is 6.29. The highest BCUT2D eigenvalue weighted by Gasteiger charge is 2.20. The number of carbonyl (C=O) groups excluding carboxylic acids is 1. The second-order valence-electron chi connectivity index (χ2n) is 8.52. The van der Waals surface area contributed by atoms with Crippen LogP contribution in [0.25, 0.3) is 11.4 Å². The third-order valence-electron chi connectivity index (χ3n) is 5.45. The van der Waals surface area contributed by atoms with Crippen LogP contribution in [-0.2, 0) is 18.0 Å². The van der Waals surface area contributed by atoms with Crippen LogP contribution < -0.4 is 21.1 Å². The average Bonchev–Trinajstić information content (AvgIpc) is 3.38. The zero-order valence-electron chi connectivity index (χ0n) is 24.0. The van der Waals surface area contributed by atoms with E-state index in [0.29, 0.717) is 39.9 Å². The van der Waals surface area contributed by atoms with Crippen molar-refractivity contribution in [3.63, 3.8) is 0 Å². The van der Waals surface area contributed by atoms with E-state index < -0.39 is 12.9 Å². The summed E-state index contributed by atoms with van der Waals surface area (Å²) in [5.41, 5.74) is 8.06. The lowest BCUT2D eigenvalue weighted by atomic mass is 10.1. The zero-order chi connectivity index (χ0) is 29.7. The second-order valence-corrected chi connectivity index (χ2v) is 8.91. The molecule has 0 atom stereocenters.